The summed E-state index contributed by atoms with van der Waals surface area (Å²) in [4.78, 5) is 12.3. The molecule has 0 fully saturated rings. The number of hydrogen-bond acceptors (Lipinski definition) is 1. The molecular weight excluding hydrogens is 246 g/mol. The van der Waals surface area contributed by atoms with Crippen LogP contribution in [0.5, 0.6) is 0 Å². The van der Waals surface area contributed by atoms with Crippen LogP contribution in [-0.4, -0.2) is 5.91 Å². The summed E-state index contributed by atoms with van der Waals surface area (Å²) in [5.74, 6) is 0.0956. The van der Waals surface area contributed by atoms with Gasteiger partial charge in [0.2, 0.25) is 0 Å². The van der Waals surface area contributed by atoms with Gasteiger partial charge in [-0.3, -0.25) is 4.79 Å². The van der Waals surface area contributed by atoms with Crippen molar-refractivity contribution in [3.8, 4) is 0 Å². The normalized spacial score (nSPS) is 13.2. The molecule has 2 aromatic rings. The van der Waals surface area contributed by atoms with E-state index < -0.39 is 0 Å². The molecule has 0 bridgehead atoms. The quantitative estimate of drug-likeness (QED) is 0.814. The Balaban J connectivity index is 2.21. The lowest BCUT2D eigenvalue weighted by Gasteiger charge is -2.23. The van der Waals surface area contributed by atoms with Crippen molar-refractivity contribution in [3.05, 3.63) is 84.4 Å². The van der Waals surface area contributed by atoms with E-state index in [2.05, 4.69) is 18.8 Å². The van der Waals surface area contributed by atoms with Crippen LogP contribution in [0.15, 0.2) is 73.3 Å². The Bertz CT molecular complexity index is 562. The summed E-state index contributed by atoms with van der Waals surface area (Å²) < 4.78 is 0. The summed E-state index contributed by atoms with van der Waals surface area (Å²) in [5.41, 5.74) is 1.76. The fourth-order valence-corrected chi connectivity index (χ4v) is 2.13. The molecule has 0 radical (unpaired) electrons. The zero-order valence-corrected chi connectivity index (χ0v) is 11.6. The smallest absolute Gasteiger partial charge is 0.251 e. The van der Waals surface area contributed by atoms with Crippen LogP contribution in [0.1, 0.15) is 28.9 Å². The van der Waals surface area contributed by atoms with E-state index in [0.29, 0.717) is 5.56 Å². The monoisotopic (exact) mass is 265 g/mol. The maximum Gasteiger partial charge on any atom is 0.251 e. The third kappa shape index (κ3) is 3.35. The SMILES string of the molecule is C=C[C@@H](C)[C@@H](NC(=O)c1ccccc1)c1ccccc1. The number of benzene rings is 2. The lowest BCUT2D eigenvalue weighted by atomic mass is 9.94. The van der Waals surface area contributed by atoms with Gasteiger partial charge in [0.1, 0.15) is 0 Å². The fourth-order valence-electron chi connectivity index (χ4n) is 2.13. The van der Waals surface area contributed by atoms with Crippen LogP contribution in [0.25, 0.3) is 0 Å². The molecule has 0 saturated heterocycles. The third-order valence-corrected chi connectivity index (χ3v) is 3.38. The van der Waals surface area contributed by atoms with E-state index in [1.807, 2.05) is 66.7 Å². The molecule has 2 rings (SSSR count). The molecule has 0 saturated carbocycles. The van der Waals surface area contributed by atoms with E-state index in [4.69, 9.17) is 0 Å². The highest BCUT2D eigenvalue weighted by molar-refractivity contribution is 5.94. The first kappa shape index (κ1) is 14.1. The van der Waals surface area contributed by atoms with Crippen LogP contribution in [0.4, 0.5) is 0 Å². The Morgan fingerprint density at radius 2 is 1.60 bits per heavy atom. The van der Waals surface area contributed by atoms with Crippen molar-refractivity contribution in [2.24, 2.45) is 5.92 Å². The average Bonchev–Trinajstić information content (AvgIpc) is 2.53. The summed E-state index contributed by atoms with van der Waals surface area (Å²) >= 11 is 0. The molecule has 102 valence electrons. The maximum atomic E-state index is 12.3. The molecule has 0 heterocycles. The van der Waals surface area contributed by atoms with Gasteiger partial charge in [-0.15, -0.1) is 6.58 Å². The molecule has 2 atom stereocenters. The molecule has 0 aliphatic heterocycles. The van der Waals surface area contributed by atoms with Crippen LogP contribution in [0, 0.1) is 5.92 Å². The zero-order valence-electron chi connectivity index (χ0n) is 11.6. The number of nitrogens with one attached hydrogen (secondary N) is 1. The number of rotatable bonds is 5. The van der Waals surface area contributed by atoms with E-state index >= 15 is 0 Å². The number of amides is 1. The summed E-state index contributed by atoms with van der Waals surface area (Å²) in [5, 5.41) is 3.09. The van der Waals surface area contributed by atoms with Crippen LogP contribution in [-0.2, 0) is 0 Å². The van der Waals surface area contributed by atoms with Gasteiger partial charge in [0.15, 0.2) is 0 Å². The first-order chi connectivity index (χ1) is 9.72. The maximum absolute atomic E-state index is 12.3. The Morgan fingerprint density at radius 3 is 2.15 bits per heavy atom. The van der Waals surface area contributed by atoms with Crippen LogP contribution in [0.3, 0.4) is 0 Å². The van der Waals surface area contributed by atoms with Gasteiger partial charge in [0, 0.05) is 5.56 Å². The highest BCUT2D eigenvalue weighted by Crippen LogP contribution is 2.23. The van der Waals surface area contributed by atoms with Crippen LogP contribution < -0.4 is 5.32 Å². The van der Waals surface area contributed by atoms with Crippen molar-refractivity contribution in [1.29, 1.82) is 0 Å². The molecule has 1 amide bonds. The van der Waals surface area contributed by atoms with Gasteiger partial charge in [-0.25, -0.2) is 0 Å². The van der Waals surface area contributed by atoms with E-state index in [1.54, 1.807) is 0 Å². The second kappa shape index (κ2) is 6.71. The number of hydrogen-bond donors (Lipinski definition) is 1. The molecule has 0 aliphatic rings. The Morgan fingerprint density at radius 1 is 1.05 bits per heavy atom. The molecular formula is C18H19NO. The largest absolute Gasteiger partial charge is 0.345 e. The van der Waals surface area contributed by atoms with Gasteiger partial charge in [-0.05, 0) is 23.6 Å². The van der Waals surface area contributed by atoms with Crippen molar-refractivity contribution in [2.75, 3.05) is 0 Å². The lowest BCUT2D eigenvalue weighted by Crippen LogP contribution is -2.32. The van der Waals surface area contributed by atoms with Crippen molar-refractivity contribution in [1.82, 2.24) is 5.32 Å². The predicted molar refractivity (Wildman–Crippen MR) is 82.5 cm³/mol. The van der Waals surface area contributed by atoms with Gasteiger partial charge >= 0.3 is 0 Å². The summed E-state index contributed by atoms with van der Waals surface area (Å²) in [6.07, 6.45) is 1.86. The minimum absolute atomic E-state index is 0.0619. The van der Waals surface area contributed by atoms with Crippen LogP contribution >= 0.6 is 0 Å². The van der Waals surface area contributed by atoms with Crippen molar-refractivity contribution in [2.45, 2.75) is 13.0 Å². The van der Waals surface area contributed by atoms with E-state index in [1.165, 1.54) is 0 Å². The summed E-state index contributed by atoms with van der Waals surface area (Å²) in [7, 11) is 0. The molecule has 20 heavy (non-hydrogen) atoms. The average molecular weight is 265 g/mol. The standard InChI is InChI=1S/C18H19NO/c1-3-14(2)17(15-10-6-4-7-11-15)19-18(20)16-12-8-5-9-13-16/h3-14,17H,1H2,2H3,(H,19,20)/t14-,17-/m1/s1. The van der Waals surface area contributed by atoms with E-state index in [9.17, 15) is 4.79 Å². The van der Waals surface area contributed by atoms with Crippen molar-refractivity contribution < 1.29 is 4.79 Å². The predicted octanol–water partition coefficient (Wildman–Crippen LogP) is 3.98. The first-order valence-corrected chi connectivity index (χ1v) is 6.76. The second-order valence-corrected chi connectivity index (χ2v) is 4.82. The summed E-state index contributed by atoms with van der Waals surface area (Å²) in [6.45, 7) is 5.89. The fraction of sp³-hybridized carbons (Fsp3) is 0.167. The molecule has 2 aromatic carbocycles. The molecule has 2 heteroatoms. The van der Waals surface area contributed by atoms with Crippen LogP contribution in [0.2, 0.25) is 0 Å². The minimum Gasteiger partial charge on any atom is -0.345 e. The van der Waals surface area contributed by atoms with E-state index in [-0.39, 0.29) is 17.9 Å². The molecule has 0 unspecified atom stereocenters. The Hall–Kier alpha value is -2.35. The molecule has 0 spiro atoms. The highest BCUT2D eigenvalue weighted by Gasteiger charge is 2.19. The van der Waals surface area contributed by atoms with Gasteiger partial charge in [-0.1, -0.05) is 61.5 Å². The molecule has 1 N–H and O–H groups in total. The Labute approximate surface area is 120 Å². The molecule has 2 nitrogen and oxygen atoms in total. The first-order valence-electron chi connectivity index (χ1n) is 6.76. The number of carbonyl (C=O) groups is 1. The summed E-state index contributed by atoms with van der Waals surface area (Å²) in [6, 6.07) is 19.2. The second-order valence-electron chi connectivity index (χ2n) is 4.82. The van der Waals surface area contributed by atoms with Gasteiger partial charge in [0.25, 0.3) is 5.91 Å². The van der Waals surface area contributed by atoms with Gasteiger partial charge in [0.05, 0.1) is 6.04 Å². The molecule has 0 aromatic heterocycles. The van der Waals surface area contributed by atoms with Gasteiger partial charge in [-0.2, -0.15) is 0 Å². The number of carbonyl (C=O) groups excluding carboxylic acids is 1. The van der Waals surface area contributed by atoms with Crippen molar-refractivity contribution >= 4 is 5.91 Å². The van der Waals surface area contributed by atoms with Crippen molar-refractivity contribution in [3.63, 3.8) is 0 Å². The third-order valence-electron chi connectivity index (χ3n) is 3.38. The highest BCUT2D eigenvalue weighted by atomic mass is 16.1. The van der Waals surface area contributed by atoms with E-state index in [0.717, 1.165) is 5.56 Å². The molecule has 0 aliphatic carbocycles. The lowest BCUT2D eigenvalue weighted by molar-refractivity contribution is 0.0929. The topological polar surface area (TPSA) is 29.1 Å². The van der Waals surface area contributed by atoms with Gasteiger partial charge < -0.3 is 5.32 Å². The zero-order chi connectivity index (χ0) is 14.4. The Kier molecular flexibility index (Phi) is 4.72. The minimum atomic E-state index is -0.0681.